The molecule has 0 saturated carbocycles. The molecular formula is C22H17N5O2S2. The van der Waals surface area contributed by atoms with Crippen LogP contribution in [0.25, 0.3) is 27.6 Å². The van der Waals surface area contributed by atoms with E-state index in [0.29, 0.717) is 17.2 Å². The molecule has 0 aliphatic heterocycles. The molecule has 0 amide bonds. The Labute approximate surface area is 183 Å². The van der Waals surface area contributed by atoms with E-state index in [4.69, 9.17) is 0 Å². The fourth-order valence-electron chi connectivity index (χ4n) is 3.22. The van der Waals surface area contributed by atoms with Gasteiger partial charge in [0.2, 0.25) is 10.0 Å². The Hall–Kier alpha value is -3.56. The zero-order chi connectivity index (χ0) is 21.3. The molecule has 0 unspecified atom stereocenters. The second-order valence-corrected chi connectivity index (χ2v) is 9.58. The number of benzene rings is 2. The smallest absolute Gasteiger partial charge is 0.236 e. The first-order valence-electron chi connectivity index (χ1n) is 9.49. The summed E-state index contributed by atoms with van der Waals surface area (Å²) in [6.45, 7) is 0. The molecule has 3 aromatic heterocycles. The molecule has 3 heterocycles. The monoisotopic (exact) mass is 447 g/mol. The van der Waals surface area contributed by atoms with Crippen LogP contribution in [0.4, 0.5) is 5.69 Å². The normalized spacial score (nSPS) is 11.6. The van der Waals surface area contributed by atoms with Crippen LogP contribution in [-0.2, 0) is 15.8 Å². The lowest BCUT2D eigenvalue weighted by Crippen LogP contribution is -2.14. The van der Waals surface area contributed by atoms with E-state index in [1.165, 1.54) is 0 Å². The molecule has 9 heteroatoms. The largest absolute Gasteiger partial charge is 0.283 e. The number of sulfonamides is 1. The molecule has 154 valence electrons. The van der Waals surface area contributed by atoms with Crippen molar-refractivity contribution in [1.82, 2.24) is 19.8 Å². The molecule has 0 spiro atoms. The van der Waals surface area contributed by atoms with E-state index >= 15 is 0 Å². The van der Waals surface area contributed by atoms with Gasteiger partial charge in [-0.25, -0.2) is 8.42 Å². The quantitative estimate of drug-likeness (QED) is 0.415. The summed E-state index contributed by atoms with van der Waals surface area (Å²) in [5.74, 6) is 0.615. The Balaban J connectivity index is 1.38. The molecule has 2 aromatic carbocycles. The Kier molecular flexibility index (Phi) is 4.97. The Morgan fingerprint density at radius 1 is 0.871 bits per heavy atom. The van der Waals surface area contributed by atoms with Crippen LogP contribution in [-0.4, -0.2) is 28.2 Å². The number of thiophene rings is 1. The zero-order valence-corrected chi connectivity index (χ0v) is 17.8. The molecule has 0 atom stereocenters. The highest BCUT2D eigenvalue weighted by molar-refractivity contribution is 7.91. The number of rotatable bonds is 6. The predicted octanol–water partition coefficient (Wildman–Crippen LogP) is 4.46. The van der Waals surface area contributed by atoms with Crippen LogP contribution in [0.3, 0.4) is 0 Å². The molecule has 1 N–H and O–H groups in total. The minimum atomic E-state index is -3.50. The molecule has 7 nitrogen and oxygen atoms in total. The van der Waals surface area contributed by atoms with Crippen LogP contribution in [0.5, 0.6) is 0 Å². The van der Waals surface area contributed by atoms with Crippen molar-refractivity contribution in [2.75, 3.05) is 4.72 Å². The first-order chi connectivity index (χ1) is 15.1. The van der Waals surface area contributed by atoms with E-state index in [-0.39, 0.29) is 5.75 Å². The summed E-state index contributed by atoms with van der Waals surface area (Å²) in [5.41, 5.74) is 3.50. The van der Waals surface area contributed by atoms with Crippen molar-refractivity contribution in [3.8, 4) is 22.0 Å². The lowest BCUT2D eigenvalue weighted by molar-refractivity contribution is 0.600. The summed E-state index contributed by atoms with van der Waals surface area (Å²) in [6.07, 6.45) is 0. The highest BCUT2D eigenvalue weighted by Crippen LogP contribution is 2.25. The van der Waals surface area contributed by atoms with Crippen molar-refractivity contribution in [1.29, 1.82) is 0 Å². The average molecular weight is 448 g/mol. The number of anilines is 1. The van der Waals surface area contributed by atoms with Crippen LogP contribution in [0.1, 0.15) is 5.56 Å². The van der Waals surface area contributed by atoms with Crippen molar-refractivity contribution in [2.24, 2.45) is 0 Å². The van der Waals surface area contributed by atoms with Crippen molar-refractivity contribution in [3.63, 3.8) is 0 Å². The fraction of sp³-hybridized carbons (Fsp3) is 0.0455. The molecule has 0 radical (unpaired) electrons. The Morgan fingerprint density at radius 2 is 1.68 bits per heavy atom. The van der Waals surface area contributed by atoms with Crippen LogP contribution in [0.15, 0.2) is 84.2 Å². The first kappa shape index (κ1) is 19.4. The highest BCUT2D eigenvalue weighted by atomic mass is 32.2. The van der Waals surface area contributed by atoms with Gasteiger partial charge in [-0.15, -0.1) is 21.5 Å². The van der Waals surface area contributed by atoms with Crippen molar-refractivity contribution >= 4 is 32.7 Å². The molecule has 31 heavy (non-hydrogen) atoms. The molecular weight excluding hydrogens is 430 g/mol. The van der Waals surface area contributed by atoms with Crippen LogP contribution < -0.4 is 4.72 Å². The summed E-state index contributed by atoms with van der Waals surface area (Å²) in [5, 5.41) is 15.1. The number of nitrogens with one attached hydrogen (secondary N) is 1. The number of hydrogen-bond donors (Lipinski definition) is 1. The maximum atomic E-state index is 12.5. The third-order valence-electron chi connectivity index (χ3n) is 4.66. The van der Waals surface area contributed by atoms with E-state index in [1.54, 1.807) is 40.1 Å². The SMILES string of the molecule is O=S(=O)(Cc1ccccc1)Nc1ccc(-c2ccc3nnc(-c4cccs4)n3n2)cc1. The number of nitrogens with zero attached hydrogens (tertiary/aromatic N) is 4. The van der Waals surface area contributed by atoms with Crippen LogP contribution in [0, 0.1) is 0 Å². The molecule has 5 aromatic rings. The van der Waals surface area contributed by atoms with Gasteiger partial charge in [-0.2, -0.15) is 9.61 Å². The molecule has 0 aliphatic rings. The highest BCUT2D eigenvalue weighted by Gasteiger charge is 2.13. The maximum Gasteiger partial charge on any atom is 0.236 e. The summed E-state index contributed by atoms with van der Waals surface area (Å²) in [6, 6.07) is 23.9. The minimum absolute atomic E-state index is 0.0764. The standard InChI is InChI=1S/C22H17N5O2S2/c28-31(29,15-16-5-2-1-3-6-16)26-18-10-8-17(9-11-18)19-12-13-21-23-24-22(27(21)25-19)20-7-4-14-30-20/h1-14,26H,15H2. The van der Waals surface area contributed by atoms with Gasteiger partial charge >= 0.3 is 0 Å². The van der Waals surface area contributed by atoms with Crippen molar-refractivity contribution in [2.45, 2.75) is 5.75 Å². The molecule has 0 saturated heterocycles. The first-order valence-corrected chi connectivity index (χ1v) is 12.0. The van der Waals surface area contributed by atoms with Gasteiger partial charge < -0.3 is 0 Å². The fourth-order valence-corrected chi connectivity index (χ4v) is 5.11. The zero-order valence-electron chi connectivity index (χ0n) is 16.2. The molecule has 0 bridgehead atoms. The summed E-state index contributed by atoms with van der Waals surface area (Å²) >= 11 is 1.58. The average Bonchev–Trinajstić information content (AvgIpc) is 3.43. The number of fused-ring (bicyclic) bond motifs is 1. The van der Waals surface area contributed by atoms with Crippen LogP contribution >= 0.6 is 11.3 Å². The maximum absolute atomic E-state index is 12.5. The van der Waals surface area contributed by atoms with Gasteiger partial charge in [0.05, 0.1) is 16.3 Å². The lowest BCUT2D eigenvalue weighted by atomic mass is 10.1. The van der Waals surface area contributed by atoms with Crippen LogP contribution in [0.2, 0.25) is 0 Å². The summed E-state index contributed by atoms with van der Waals surface area (Å²) < 4.78 is 29.2. The van der Waals surface area contributed by atoms with E-state index in [0.717, 1.165) is 21.7 Å². The number of aromatic nitrogens is 4. The molecule has 5 rings (SSSR count). The third kappa shape index (κ3) is 4.18. The lowest BCUT2D eigenvalue weighted by Gasteiger charge is -2.09. The van der Waals surface area contributed by atoms with E-state index < -0.39 is 10.0 Å². The van der Waals surface area contributed by atoms with Gasteiger partial charge in [0.15, 0.2) is 11.5 Å². The van der Waals surface area contributed by atoms with Crippen molar-refractivity contribution in [3.05, 3.63) is 89.8 Å². The second-order valence-electron chi connectivity index (χ2n) is 6.91. The number of hydrogen-bond acceptors (Lipinski definition) is 6. The topological polar surface area (TPSA) is 89.2 Å². The van der Waals surface area contributed by atoms with Gasteiger partial charge in [-0.1, -0.05) is 48.5 Å². The minimum Gasteiger partial charge on any atom is -0.283 e. The Bertz CT molecular complexity index is 1430. The Morgan fingerprint density at radius 3 is 2.42 bits per heavy atom. The summed E-state index contributed by atoms with van der Waals surface area (Å²) in [4.78, 5) is 0.986. The van der Waals surface area contributed by atoms with Gasteiger partial charge in [-0.05, 0) is 41.3 Å². The third-order valence-corrected chi connectivity index (χ3v) is 6.78. The predicted molar refractivity (Wildman–Crippen MR) is 122 cm³/mol. The van der Waals surface area contributed by atoms with Gasteiger partial charge in [-0.3, -0.25) is 4.72 Å². The van der Waals surface area contributed by atoms with E-state index in [1.807, 2.05) is 60.0 Å². The van der Waals surface area contributed by atoms with Gasteiger partial charge in [0.1, 0.15) is 0 Å². The molecule has 0 aliphatic carbocycles. The molecule has 0 fully saturated rings. The van der Waals surface area contributed by atoms with E-state index in [9.17, 15) is 8.42 Å². The van der Waals surface area contributed by atoms with Crippen molar-refractivity contribution < 1.29 is 8.42 Å². The van der Waals surface area contributed by atoms with Gasteiger partial charge in [0, 0.05) is 11.3 Å². The van der Waals surface area contributed by atoms with E-state index in [2.05, 4.69) is 20.0 Å². The second kappa shape index (κ2) is 7.93. The van der Waals surface area contributed by atoms with Gasteiger partial charge in [0.25, 0.3) is 0 Å². The summed E-state index contributed by atoms with van der Waals surface area (Å²) in [7, 11) is -3.50.